The van der Waals surface area contributed by atoms with Gasteiger partial charge in [-0.2, -0.15) is 4.98 Å². The molecule has 3 heterocycles. The van der Waals surface area contributed by atoms with Crippen molar-refractivity contribution in [3.05, 3.63) is 33.7 Å². The zero-order valence-corrected chi connectivity index (χ0v) is 14.5. The van der Waals surface area contributed by atoms with Crippen LogP contribution in [0.2, 0.25) is 0 Å². The van der Waals surface area contributed by atoms with Gasteiger partial charge in [0.15, 0.2) is 5.78 Å². The summed E-state index contributed by atoms with van der Waals surface area (Å²) < 4.78 is 1.89. The first-order valence-electron chi connectivity index (χ1n) is 7.94. The summed E-state index contributed by atoms with van der Waals surface area (Å²) in [5, 5.41) is 10.9. The van der Waals surface area contributed by atoms with Gasteiger partial charge in [0.1, 0.15) is 6.04 Å². The second kappa shape index (κ2) is 6.13. The number of aromatic nitrogens is 3. The third-order valence-electron chi connectivity index (χ3n) is 4.10. The van der Waals surface area contributed by atoms with Gasteiger partial charge in [-0.3, -0.25) is 4.79 Å². The third-order valence-corrected chi connectivity index (χ3v) is 6.06. The van der Waals surface area contributed by atoms with Crippen molar-refractivity contribution in [2.75, 3.05) is 11.1 Å². The number of thiophene rings is 1. The number of Topliss-reactive ketones (excluding diaryl/α,β-unsaturated/α-hetero) is 1. The first-order chi connectivity index (χ1) is 11.3. The number of hydrogen-bond acceptors (Lipinski definition) is 6. The van der Waals surface area contributed by atoms with Crippen molar-refractivity contribution < 1.29 is 4.79 Å². The highest BCUT2D eigenvalue weighted by atomic mass is 32.2. The second-order valence-corrected chi connectivity index (χ2v) is 7.76. The highest BCUT2D eigenvalue weighted by Crippen LogP contribution is 2.41. The lowest BCUT2D eigenvalue weighted by Crippen LogP contribution is -2.31. The van der Waals surface area contributed by atoms with Crippen molar-refractivity contribution in [3.8, 4) is 0 Å². The molecule has 0 spiro atoms. The molecule has 1 aliphatic heterocycles. The Bertz CT molecular complexity index is 763. The fraction of sp³-hybridized carbons (Fsp3) is 0.438. The molecular formula is C16H18N4OS2. The molecule has 2 aromatic heterocycles. The van der Waals surface area contributed by atoms with Gasteiger partial charge in [0.2, 0.25) is 11.1 Å². The van der Waals surface area contributed by atoms with E-state index in [2.05, 4.69) is 28.4 Å². The zero-order valence-electron chi connectivity index (χ0n) is 12.9. The van der Waals surface area contributed by atoms with Crippen LogP contribution in [-0.2, 0) is 4.79 Å². The molecule has 23 heavy (non-hydrogen) atoms. The van der Waals surface area contributed by atoms with Crippen LogP contribution >= 0.6 is 23.1 Å². The van der Waals surface area contributed by atoms with E-state index in [1.165, 1.54) is 0 Å². The average molecular weight is 346 g/mol. The van der Waals surface area contributed by atoms with E-state index in [1.54, 1.807) is 23.1 Å². The summed E-state index contributed by atoms with van der Waals surface area (Å²) in [6.07, 6.45) is 3.54. The minimum atomic E-state index is -0.127. The quantitative estimate of drug-likeness (QED) is 0.852. The molecule has 7 heteroatoms. The van der Waals surface area contributed by atoms with Crippen LogP contribution < -0.4 is 5.32 Å². The Morgan fingerprint density at radius 1 is 1.48 bits per heavy atom. The van der Waals surface area contributed by atoms with Gasteiger partial charge in [-0.05, 0) is 30.7 Å². The molecule has 0 saturated heterocycles. The number of rotatable bonds is 4. The predicted octanol–water partition coefficient (Wildman–Crippen LogP) is 3.86. The normalized spacial score (nSPS) is 20.2. The standard InChI is InChI=1S/C16H18N4OS2/c1-2-8-23-16-18-15-17-10-5-3-6-11(21)13(10)14(20(15)19-16)12-7-4-9-22-12/h4,7,9,14H,2-3,5-6,8H2,1H3,(H,17,18,19). The van der Waals surface area contributed by atoms with E-state index >= 15 is 0 Å². The lowest BCUT2D eigenvalue weighted by atomic mass is 9.88. The maximum absolute atomic E-state index is 12.6. The Labute approximate surface area is 143 Å². The number of hydrogen-bond donors (Lipinski definition) is 1. The average Bonchev–Trinajstić information content (AvgIpc) is 3.20. The van der Waals surface area contributed by atoms with Crippen LogP contribution in [0.1, 0.15) is 43.5 Å². The molecule has 0 radical (unpaired) electrons. The first-order valence-corrected chi connectivity index (χ1v) is 9.80. The van der Waals surface area contributed by atoms with E-state index in [-0.39, 0.29) is 11.8 Å². The fourth-order valence-electron chi connectivity index (χ4n) is 3.10. The van der Waals surface area contributed by atoms with Gasteiger partial charge in [-0.25, -0.2) is 4.68 Å². The lowest BCUT2D eigenvalue weighted by Gasteiger charge is -2.31. The smallest absolute Gasteiger partial charge is 0.227 e. The second-order valence-electron chi connectivity index (χ2n) is 5.72. The summed E-state index contributed by atoms with van der Waals surface area (Å²) in [4.78, 5) is 18.3. The van der Waals surface area contributed by atoms with Gasteiger partial charge in [-0.15, -0.1) is 16.4 Å². The Morgan fingerprint density at radius 2 is 2.39 bits per heavy atom. The van der Waals surface area contributed by atoms with Crippen LogP contribution in [0, 0.1) is 0 Å². The molecule has 0 bridgehead atoms. The van der Waals surface area contributed by atoms with Crippen molar-refractivity contribution >= 4 is 34.8 Å². The Balaban J connectivity index is 1.80. The molecule has 120 valence electrons. The summed E-state index contributed by atoms with van der Waals surface area (Å²) in [5.41, 5.74) is 1.91. The maximum atomic E-state index is 12.6. The molecule has 1 atom stereocenters. The number of nitrogens with zero attached hydrogens (tertiary/aromatic N) is 3. The summed E-state index contributed by atoms with van der Waals surface area (Å²) in [5.74, 6) is 2.00. The summed E-state index contributed by atoms with van der Waals surface area (Å²) in [6, 6.07) is 3.98. The number of anilines is 1. The number of thioether (sulfide) groups is 1. The van der Waals surface area contributed by atoms with Gasteiger partial charge in [0.25, 0.3) is 0 Å². The number of carbonyl (C=O) groups is 1. The predicted molar refractivity (Wildman–Crippen MR) is 93.0 cm³/mol. The van der Waals surface area contributed by atoms with E-state index < -0.39 is 0 Å². The Morgan fingerprint density at radius 3 is 3.17 bits per heavy atom. The fourth-order valence-corrected chi connectivity index (χ4v) is 4.60. The van der Waals surface area contributed by atoms with E-state index in [4.69, 9.17) is 0 Å². The summed E-state index contributed by atoms with van der Waals surface area (Å²) >= 11 is 3.33. The molecule has 1 N–H and O–H groups in total. The Kier molecular flexibility index (Phi) is 3.98. The van der Waals surface area contributed by atoms with Gasteiger partial charge in [0.05, 0.1) is 0 Å². The summed E-state index contributed by atoms with van der Waals surface area (Å²) in [6.45, 7) is 2.15. The third kappa shape index (κ3) is 2.61. The van der Waals surface area contributed by atoms with Crippen LogP contribution in [0.25, 0.3) is 0 Å². The summed E-state index contributed by atoms with van der Waals surface area (Å²) in [7, 11) is 0. The first kappa shape index (κ1) is 15.0. The van der Waals surface area contributed by atoms with Gasteiger partial charge in [-0.1, -0.05) is 24.8 Å². The highest BCUT2D eigenvalue weighted by Gasteiger charge is 2.37. The van der Waals surface area contributed by atoms with E-state index in [0.29, 0.717) is 6.42 Å². The van der Waals surface area contributed by atoms with Crippen molar-refractivity contribution in [1.82, 2.24) is 14.8 Å². The van der Waals surface area contributed by atoms with E-state index in [9.17, 15) is 4.79 Å². The number of ketones is 1. The molecule has 4 rings (SSSR count). The molecule has 0 fully saturated rings. The van der Waals surface area contributed by atoms with Crippen LogP contribution in [0.4, 0.5) is 5.95 Å². The Hall–Kier alpha value is -1.60. The van der Waals surface area contributed by atoms with Crippen molar-refractivity contribution in [2.24, 2.45) is 0 Å². The number of allylic oxidation sites excluding steroid dienone is 2. The van der Waals surface area contributed by atoms with Crippen LogP contribution in [0.15, 0.2) is 33.9 Å². The highest BCUT2D eigenvalue weighted by molar-refractivity contribution is 7.99. The molecule has 1 unspecified atom stereocenters. The van der Waals surface area contributed by atoms with Crippen LogP contribution in [-0.4, -0.2) is 26.3 Å². The molecular weight excluding hydrogens is 328 g/mol. The maximum Gasteiger partial charge on any atom is 0.227 e. The van der Waals surface area contributed by atoms with Crippen molar-refractivity contribution in [1.29, 1.82) is 0 Å². The molecule has 0 aromatic carbocycles. The van der Waals surface area contributed by atoms with E-state index in [1.807, 2.05) is 16.1 Å². The number of carbonyl (C=O) groups excluding carboxylic acids is 1. The SMILES string of the molecule is CCCSc1nc2n(n1)C(c1cccs1)C1=C(CCCC1=O)N2. The molecule has 0 saturated carbocycles. The zero-order chi connectivity index (χ0) is 15.8. The lowest BCUT2D eigenvalue weighted by molar-refractivity contribution is -0.116. The number of nitrogens with one attached hydrogen (secondary N) is 1. The van der Waals surface area contributed by atoms with Crippen LogP contribution in [0.5, 0.6) is 0 Å². The monoisotopic (exact) mass is 346 g/mol. The van der Waals surface area contributed by atoms with E-state index in [0.717, 1.165) is 52.3 Å². The van der Waals surface area contributed by atoms with Gasteiger partial charge >= 0.3 is 0 Å². The topological polar surface area (TPSA) is 59.8 Å². The largest absolute Gasteiger partial charge is 0.328 e. The molecule has 1 aliphatic carbocycles. The molecule has 2 aromatic rings. The minimum Gasteiger partial charge on any atom is -0.328 e. The molecule has 0 amide bonds. The molecule has 2 aliphatic rings. The van der Waals surface area contributed by atoms with Crippen molar-refractivity contribution in [2.45, 2.75) is 43.8 Å². The van der Waals surface area contributed by atoms with Crippen LogP contribution in [0.3, 0.4) is 0 Å². The van der Waals surface area contributed by atoms with Gasteiger partial charge in [0, 0.05) is 28.3 Å². The van der Waals surface area contributed by atoms with Gasteiger partial charge < -0.3 is 5.32 Å². The van der Waals surface area contributed by atoms with Crippen molar-refractivity contribution in [3.63, 3.8) is 0 Å². The molecule has 5 nitrogen and oxygen atoms in total. The minimum absolute atomic E-state index is 0.127. The number of fused-ring (bicyclic) bond motifs is 1.